The van der Waals surface area contributed by atoms with Crippen LogP contribution in [-0.2, 0) is 24.0 Å². The lowest BCUT2D eigenvalue weighted by atomic mass is 9.52. The summed E-state index contributed by atoms with van der Waals surface area (Å²) in [6.07, 6.45) is -2.22. The monoisotopic (exact) mass is 427 g/mol. The van der Waals surface area contributed by atoms with Crippen LogP contribution in [-0.4, -0.2) is 50.2 Å². The maximum atomic E-state index is 13.5. The van der Waals surface area contributed by atoms with Crippen molar-refractivity contribution in [2.75, 3.05) is 14.1 Å². The molecule has 4 aliphatic carbocycles. The number of rotatable bonds is 6. The van der Waals surface area contributed by atoms with Gasteiger partial charge in [-0.1, -0.05) is 6.92 Å². The molecule has 6 nitrogen and oxygen atoms in total. The normalized spacial score (nSPS) is 37.1. The fraction of sp³-hybridized carbons (Fsp3) is 0.944. The van der Waals surface area contributed by atoms with Crippen molar-refractivity contribution in [3.8, 4) is 0 Å². The first-order chi connectivity index (χ1) is 12.7. The molecule has 0 spiro atoms. The van der Waals surface area contributed by atoms with Crippen LogP contribution >= 0.6 is 0 Å². The zero-order valence-corrected chi connectivity index (χ0v) is 17.5. The SMILES string of the molecule is CCC(C)(C(=O)OC12CC3CC(C1)CC(OS(=O)(=O)N(C)C)(C3)C2)C(F)(F)F. The molecule has 0 saturated heterocycles. The molecule has 0 aromatic rings. The van der Waals surface area contributed by atoms with Gasteiger partial charge in [0.15, 0.2) is 5.41 Å². The van der Waals surface area contributed by atoms with E-state index >= 15 is 0 Å². The Hall–Kier alpha value is -0.870. The Kier molecular flexibility index (Phi) is 5.12. The number of hydrogen-bond acceptors (Lipinski definition) is 5. The molecule has 0 N–H and O–H groups in total. The molecule has 4 aliphatic rings. The third kappa shape index (κ3) is 3.56. The Morgan fingerprint density at radius 1 is 1.11 bits per heavy atom. The first-order valence-corrected chi connectivity index (χ1v) is 11.0. The minimum atomic E-state index is -4.72. The summed E-state index contributed by atoms with van der Waals surface area (Å²) in [6.45, 7) is 2.17. The van der Waals surface area contributed by atoms with Crippen LogP contribution in [0, 0.1) is 17.3 Å². The minimum absolute atomic E-state index is 0.0742. The highest BCUT2D eigenvalue weighted by Crippen LogP contribution is 2.61. The van der Waals surface area contributed by atoms with Crippen LogP contribution in [0.5, 0.6) is 0 Å². The van der Waals surface area contributed by atoms with Gasteiger partial charge in [0.1, 0.15) is 5.60 Å². The highest BCUT2D eigenvalue weighted by molar-refractivity contribution is 7.84. The Morgan fingerprint density at radius 2 is 1.61 bits per heavy atom. The molecule has 0 aromatic carbocycles. The van der Waals surface area contributed by atoms with Crippen LogP contribution < -0.4 is 0 Å². The Labute approximate surface area is 164 Å². The number of ether oxygens (including phenoxy) is 1. The number of esters is 1. The number of hydrogen-bond donors (Lipinski definition) is 0. The van der Waals surface area contributed by atoms with Crippen molar-refractivity contribution in [3.05, 3.63) is 0 Å². The topological polar surface area (TPSA) is 72.9 Å². The first-order valence-electron chi connectivity index (χ1n) is 9.59. The predicted molar refractivity (Wildman–Crippen MR) is 94.4 cm³/mol. The molecule has 0 heterocycles. The van der Waals surface area contributed by atoms with Crippen molar-refractivity contribution < 1.29 is 35.3 Å². The average molecular weight is 427 g/mol. The van der Waals surface area contributed by atoms with Crippen LogP contribution in [0.1, 0.15) is 58.8 Å². The summed E-state index contributed by atoms with van der Waals surface area (Å²) in [6, 6.07) is 0. The van der Waals surface area contributed by atoms with Gasteiger partial charge < -0.3 is 4.74 Å². The quantitative estimate of drug-likeness (QED) is 0.608. The summed E-state index contributed by atoms with van der Waals surface area (Å²) in [5, 5.41) is 0. The van der Waals surface area contributed by atoms with E-state index in [-0.39, 0.29) is 18.3 Å². The van der Waals surface area contributed by atoms with Crippen LogP contribution in [0.2, 0.25) is 0 Å². The molecule has 3 unspecified atom stereocenters. The van der Waals surface area contributed by atoms with Crippen molar-refractivity contribution >= 4 is 16.3 Å². The minimum Gasteiger partial charge on any atom is -0.458 e. The molecule has 4 saturated carbocycles. The van der Waals surface area contributed by atoms with E-state index in [9.17, 15) is 26.4 Å². The second-order valence-electron chi connectivity index (χ2n) is 9.22. The van der Waals surface area contributed by atoms with Gasteiger partial charge in [-0.3, -0.25) is 8.98 Å². The molecule has 4 bridgehead atoms. The largest absolute Gasteiger partial charge is 0.458 e. The second kappa shape index (κ2) is 6.57. The van der Waals surface area contributed by atoms with Gasteiger partial charge in [-0.15, -0.1) is 0 Å². The Balaban J connectivity index is 1.87. The molecule has 0 aromatic heterocycles. The molecular weight excluding hydrogens is 399 g/mol. The second-order valence-corrected chi connectivity index (χ2v) is 11.0. The maximum Gasteiger partial charge on any atom is 0.404 e. The van der Waals surface area contributed by atoms with E-state index in [1.165, 1.54) is 21.0 Å². The van der Waals surface area contributed by atoms with Crippen LogP contribution in [0.3, 0.4) is 0 Å². The van der Waals surface area contributed by atoms with Crippen LogP contribution in [0.4, 0.5) is 13.2 Å². The van der Waals surface area contributed by atoms with Gasteiger partial charge in [0.25, 0.3) is 0 Å². The summed E-state index contributed by atoms with van der Waals surface area (Å²) < 4.78 is 77.3. The van der Waals surface area contributed by atoms with Gasteiger partial charge >= 0.3 is 22.4 Å². The van der Waals surface area contributed by atoms with Gasteiger partial charge in [0.05, 0.1) is 5.60 Å². The summed E-state index contributed by atoms with van der Waals surface area (Å²) in [5.41, 5.74) is -4.70. The standard InChI is InChI=1S/C18H28F3NO5S/c1-5-15(2,18(19,20)21)14(23)26-16-7-12-6-13(8-16)10-17(9-12,11-16)27-28(24,25)22(3)4/h12-13H,5-11H2,1-4H3. The summed E-state index contributed by atoms with van der Waals surface area (Å²) in [5.74, 6) is -1.13. The molecule has 162 valence electrons. The molecule has 28 heavy (non-hydrogen) atoms. The highest BCUT2D eigenvalue weighted by Gasteiger charge is 2.64. The number of alkyl halides is 3. The number of carbonyl (C=O) groups excluding carboxylic acids is 1. The number of nitrogens with zero attached hydrogens (tertiary/aromatic N) is 1. The van der Waals surface area contributed by atoms with Crippen molar-refractivity contribution in [1.29, 1.82) is 0 Å². The van der Waals surface area contributed by atoms with E-state index in [0.717, 1.165) is 17.6 Å². The van der Waals surface area contributed by atoms with Gasteiger partial charge in [-0.2, -0.15) is 25.9 Å². The smallest absolute Gasteiger partial charge is 0.404 e. The Bertz CT molecular complexity index is 737. The molecule has 0 radical (unpaired) electrons. The van der Waals surface area contributed by atoms with Crippen LogP contribution in [0.25, 0.3) is 0 Å². The number of halogens is 3. The van der Waals surface area contributed by atoms with E-state index in [4.69, 9.17) is 8.92 Å². The van der Waals surface area contributed by atoms with Gasteiger partial charge in [-0.05, 0) is 57.3 Å². The highest BCUT2D eigenvalue weighted by atomic mass is 32.2. The molecule has 0 aliphatic heterocycles. The summed E-state index contributed by atoms with van der Waals surface area (Å²) in [7, 11) is -1.23. The molecule has 10 heteroatoms. The van der Waals surface area contributed by atoms with Crippen molar-refractivity contribution in [3.63, 3.8) is 0 Å². The third-order valence-corrected chi connectivity index (χ3v) is 8.23. The van der Waals surface area contributed by atoms with E-state index in [0.29, 0.717) is 25.7 Å². The average Bonchev–Trinajstić information content (AvgIpc) is 2.49. The molecule has 4 rings (SSSR count). The predicted octanol–water partition coefficient (Wildman–Crippen LogP) is 3.42. The van der Waals surface area contributed by atoms with E-state index in [2.05, 4.69) is 0 Å². The lowest BCUT2D eigenvalue weighted by molar-refractivity contribution is -0.254. The summed E-state index contributed by atoms with van der Waals surface area (Å²) >= 11 is 0. The fourth-order valence-electron chi connectivity index (χ4n) is 5.38. The summed E-state index contributed by atoms with van der Waals surface area (Å²) in [4.78, 5) is 12.6. The Morgan fingerprint density at radius 3 is 2.04 bits per heavy atom. The molecule has 3 atom stereocenters. The third-order valence-electron chi connectivity index (χ3n) is 6.78. The lowest BCUT2D eigenvalue weighted by Gasteiger charge is -2.60. The fourth-order valence-corrected chi connectivity index (χ4v) is 6.17. The van der Waals surface area contributed by atoms with Crippen molar-refractivity contribution in [2.45, 2.75) is 76.2 Å². The van der Waals surface area contributed by atoms with E-state index < -0.39 is 45.5 Å². The first kappa shape index (κ1) is 21.8. The van der Waals surface area contributed by atoms with Gasteiger partial charge in [0, 0.05) is 20.5 Å². The molecular formula is C18H28F3NO5S. The zero-order valence-electron chi connectivity index (χ0n) is 16.6. The number of carbonyl (C=O) groups is 1. The van der Waals surface area contributed by atoms with E-state index in [1.54, 1.807) is 0 Å². The van der Waals surface area contributed by atoms with Crippen molar-refractivity contribution in [1.82, 2.24) is 4.31 Å². The van der Waals surface area contributed by atoms with E-state index in [1.807, 2.05) is 0 Å². The maximum absolute atomic E-state index is 13.5. The van der Waals surface area contributed by atoms with Crippen molar-refractivity contribution in [2.24, 2.45) is 17.3 Å². The zero-order chi connectivity index (χ0) is 21.2. The van der Waals surface area contributed by atoms with Crippen LogP contribution in [0.15, 0.2) is 0 Å². The molecule has 0 amide bonds. The lowest BCUT2D eigenvalue weighted by Crippen LogP contribution is -2.63. The van der Waals surface area contributed by atoms with Gasteiger partial charge in [-0.25, -0.2) is 0 Å². The molecule has 4 fully saturated rings. The van der Waals surface area contributed by atoms with Gasteiger partial charge in [0.2, 0.25) is 0 Å².